The average molecular weight is 343 g/mol. The summed E-state index contributed by atoms with van der Waals surface area (Å²) in [5.41, 5.74) is 7.70. The number of anilines is 1. The van der Waals surface area contributed by atoms with Crippen LogP contribution in [-0.4, -0.2) is 54.6 Å². The molecule has 1 fully saturated rings. The Morgan fingerprint density at radius 2 is 2.12 bits per heavy atom. The van der Waals surface area contributed by atoms with Gasteiger partial charge in [-0.1, -0.05) is 13.0 Å². The van der Waals surface area contributed by atoms with Crippen LogP contribution in [0.2, 0.25) is 0 Å². The van der Waals surface area contributed by atoms with Crippen LogP contribution in [0.15, 0.2) is 18.2 Å². The Bertz CT molecular complexity index is 589. The third-order valence-electron chi connectivity index (χ3n) is 4.43. The first-order chi connectivity index (χ1) is 11.2. The van der Waals surface area contributed by atoms with Crippen LogP contribution in [0.4, 0.5) is 18.9 Å². The number of nitrogens with two attached hydrogens (primary N) is 1. The van der Waals surface area contributed by atoms with Gasteiger partial charge < -0.3 is 10.6 Å². The summed E-state index contributed by atoms with van der Waals surface area (Å²) >= 11 is 0. The van der Waals surface area contributed by atoms with Crippen molar-refractivity contribution in [1.29, 1.82) is 0 Å². The number of likely N-dealkylation sites (tertiary alicyclic amines) is 1. The van der Waals surface area contributed by atoms with E-state index in [1.54, 1.807) is 30.0 Å². The van der Waals surface area contributed by atoms with Crippen LogP contribution in [0.25, 0.3) is 0 Å². The van der Waals surface area contributed by atoms with Gasteiger partial charge in [-0.05, 0) is 43.5 Å². The molecule has 2 N–H and O–H groups in total. The largest absolute Gasteiger partial charge is 0.401 e. The van der Waals surface area contributed by atoms with Crippen molar-refractivity contribution >= 4 is 11.6 Å². The van der Waals surface area contributed by atoms with Crippen molar-refractivity contribution in [2.45, 2.75) is 26.4 Å². The van der Waals surface area contributed by atoms with Crippen molar-refractivity contribution in [2.75, 3.05) is 38.5 Å². The first kappa shape index (κ1) is 18.6. The number of halogens is 3. The molecule has 0 radical (unpaired) electrons. The highest BCUT2D eigenvalue weighted by molar-refractivity contribution is 5.96. The maximum Gasteiger partial charge on any atom is 0.401 e. The molecule has 2 rings (SSSR count). The topological polar surface area (TPSA) is 49.6 Å². The minimum atomic E-state index is -4.19. The van der Waals surface area contributed by atoms with Crippen LogP contribution >= 0.6 is 0 Å². The first-order valence-electron chi connectivity index (χ1n) is 8.14. The lowest BCUT2D eigenvalue weighted by atomic mass is 10.1. The van der Waals surface area contributed by atoms with E-state index in [1.807, 2.05) is 6.92 Å². The van der Waals surface area contributed by atoms with Gasteiger partial charge in [0.25, 0.3) is 5.91 Å². The minimum absolute atomic E-state index is 0.0672. The number of hydrogen-bond acceptors (Lipinski definition) is 3. The predicted molar refractivity (Wildman–Crippen MR) is 87.8 cm³/mol. The molecule has 0 aliphatic carbocycles. The molecule has 1 heterocycles. The normalized spacial score (nSPS) is 18.4. The molecule has 1 amide bonds. The molecule has 1 unspecified atom stereocenters. The zero-order valence-corrected chi connectivity index (χ0v) is 14.1. The number of nitrogen functional groups attached to an aromatic ring is 1. The predicted octanol–water partition coefficient (Wildman–Crippen LogP) is 2.92. The van der Waals surface area contributed by atoms with Crippen LogP contribution in [0.5, 0.6) is 0 Å². The fourth-order valence-corrected chi connectivity index (χ4v) is 3.13. The molecule has 0 aromatic heterocycles. The van der Waals surface area contributed by atoms with E-state index in [1.165, 1.54) is 4.90 Å². The number of benzene rings is 1. The first-order valence-corrected chi connectivity index (χ1v) is 8.14. The zero-order valence-electron chi connectivity index (χ0n) is 14.1. The molecule has 0 spiro atoms. The molecule has 1 aliphatic heterocycles. The Morgan fingerprint density at radius 1 is 1.42 bits per heavy atom. The molecule has 0 saturated carbocycles. The molecule has 24 heavy (non-hydrogen) atoms. The summed E-state index contributed by atoms with van der Waals surface area (Å²) in [5, 5.41) is 0. The maximum atomic E-state index is 12.6. The second kappa shape index (κ2) is 7.42. The molecule has 1 aliphatic rings. The minimum Gasteiger partial charge on any atom is -0.399 e. The van der Waals surface area contributed by atoms with E-state index in [4.69, 9.17) is 5.73 Å². The molecule has 1 saturated heterocycles. The molecule has 7 heteroatoms. The van der Waals surface area contributed by atoms with E-state index in [9.17, 15) is 18.0 Å². The van der Waals surface area contributed by atoms with Gasteiger partial charge in [0, 0.05) is 30.9 Å². The summed E-state index contributed by atoms with van der Waals surface area (Å²) in [5.74, 6) is -0.0289. The number of rotatable bonds is 5. The highest BCUT2D eigenvalue weighted by Gasteiger charge is 2.33. The quantitative estimate of drug-likeness (QED) is 0.837. The fraction of sp³-hybridized carbons (Fsp3) is 0.588. The number of carbonyl (C=O) groups is 1. The van der Waals surface area contributed by atoms with Gasteiger partial charge >= 0.3 is 6.18 Å². The van der Waals surface area contributed by atoms with Crippen molar-refractivity contribution < 1.29 is 18.0 Å². The van der Waals surface area contributed by atoms with Gasteiger partial charge in [0.05, 0.1) is 6.54 Å². The highest BCUT2D eigenvalue weighted by atomic mass is 19.4. The van der Waals surface area contributed by atoms with E-state index in [0.717, 1.165) is 12.0 Å². The van der Waals surface area contributed by atoms with Gasteiger partial charge in [-0.25, -0.2) is 0 Å². The summed E-state index contributed by atoms with van der Waals surface area (Å²) in [6.45, 7) is 4.43. The Morgan fingerprint density at radius 3 is 2.75 bits per heavy atom. The lowest BCUT2D eigenvalue weighted by Gasteiger charge is -2.25. The second-order valence-electron chi connectivity index (χ2n) is 6.42. The Kier molecular flexibility index (Phi) is 5.74. The summed E-state index contributed by atoms with van der Waals surface area (Å²) < 4.78 is 37.7. The van der Waals surface area contributed by atoms with Gasteiger partial charge in [-0.3, -0.25) is 9.69 Å². The monoisotopic (exact) mass is 343 g/mol. The lowest BCUT2D eigenvalue weighted by Crippen LogP contribution is -2.38. The molecule has 4 nitrogen and oxygen atoms in total. The molecule has 1 atom stereocenters. The third-order valence-corrected chi connectivity index (χ3v) is 4.43. The zero-order chi connectivity index (χ0) is 17.9. The number of aryl methyl sites for hydroxylation is 1. The Hall–Kier alpha value is -1.76. The van der Waals surface area contributed by atoms with Crippen LogP contribution < -0.4 is 5.73 Å². The molecular weight excluding hydrogens is 319 g/mol. The van der Waals surface area contributed by atoms with Crippen molar-refractivity contribution in [3.8, 4) is 0 Å². The summed E-state index contributed by atoms with van der Waals surface area (Å²) in [6.07, 6.45) is -3.47. The molecule has 1 aromatic rings. The van der Waals surface area contributed by atoms with Crippen LogP contribution in [-0.2, 0) is 0 Å². The lowest BCUT2D eigenvalue weighted by molar-refractivity contribution is -0.146. The van der Waals surface area contributed by atoms with Crippen molar-refractivity contribution in [2.24, 2.45) is 5.92 Å². The second-order valence-corrected chi connectivity index (χ2v) is 6.42. The van der Waals surface area contributed by atoms with E-state index in [2.05, 4.69) is 0 Å². The smallest absolute Gasteiger partial charge is 0.399 e. The molecule has 134 valence electrons. The number of alkyl halides is 3. The summed E-state index contributed by atoms with van der Waals surface area (Å²) in [4.78, 5) is 15.7. The van der Waals surface area contributed by atoms with Gasteiger partial charge in [-0.2, -0.15) is 13.2 Å². The Labute approximate surface area is 140 Å². The third kappa shape index (κ3) is 4.87. The van der Waals surface area contributed by atoms with E-state index in [-0.39, 0.29) is 11.8 Å². The van der Waals surface area contributed by atoms with Crippen molar-refractivity contribution in [3.05, 3.63) is 29.3 Å². The SMILES string of the molecule is CCN(CC1CCN(C(=O)c2cc(N)ccc2C)C1)CC(F)(F)F. The number of hydrogen-bond donors (Lipinski definition) is 1. The summed E-state index contributed by atoms with van der Waals surface area (Å²) in [6, 6.07) is 5.21. The van der Waals surface area contributed by atoms with Crippen LogP contribution in [0, 0.1) is 12.8 Å². The van der Waals surface area contributed by atoms with Gasteiger partial charge in [0.2, 0.25) is 0 Å². The van der Waals surface area contributed by atoms with Crippen LogP contribution in [0.3, 0.4) is 0 Å². The van der Waals surface area contributed by atoms with Gasteiger partial charge in [0.1, 0.15) is 0 Å². The molecule has 1 aromatic carbocycles. The van der Waals surface area contributed by atoms with E-state index >= 15 is 0 Å². The highest BCUT2D eigenvalue weighted by Crippen LogP contribution is 2.24. The molecule has 0 bridgehead atoms. The van der Waals surface area contributed by atoms with Crippen LogP contribution in [0.1, 0.15) is 29.3 Å². The van der Waals surface area contributed by atoms with E-state index in [0.29, 0.717) is 37.4 Å². The number of carbonyl (C=O) groups excluding carboxylic acids is 1. The number of amides is 1. The Balaban J connectivity index is 1.97. The fourth-order valence-electron chi connectivity index (χ4n) is 3.13. The van der Waals surface area contributed by atoms with Crippen molar-refractivity contribution in [1.82, 2.24) is 9.80 Å². The van der Waals surface area contributed by atoms with Gasteiger partial charge in [-0.15, -0.1) is 0 Å². The van der Waals surface area contributed by atoms with E-state index < -0.39 is 12.7 Å². The van der Waals surface area contributed by atoms with Crippen molar-refractivity contribution in [3.63, 3.8) is 0 Å². The number of nitrogens with zero attached hydrogens (tertiary/aromatic N) is 2. The maximum absolute atomic E-state index is 12.6. The summed E-state index contributed by atoms with van der Waals surface area (Å²) in [7, 11) is 0. The standard InChI is InChI=1S/C17H24F3N3O/c1-3-22(11-17(18,19)20)9-13-6-7-23(10-13)16(24)15-8-14(21)5-4-12(15)2/h4-5,8,13H,3,6-7,9-11,21H2,1-2H3. The van der Waals surface area contributed by atoms with Gasteiger partial charge in [0.15, 0.2) is 0 Å². The molecular formula is C17H24F3N3O. The average Bonchev–Trinajstić information content (AvgIpc) is 2.95.